The zero-order valence-electron chi connectivity index (χ0n) is 16.7. The third kappa shape index (κ3) is 3.85. The molecule has 0 saturated carbocycles. The van der Waals surface area contributed by atoms with Crippen LogP contribution in [0.15, 0.2) is 24.3 Å². The van der Waals surface area contributed by atoms with Crippen molar-refractivity contribution in [3.05, 3.63) is 41.1 Å². The van der Waals surface area contributed by atoms with Crippen molar-refractivity contribution in [1.82, 2.24) is 15.1 Å². The molecule has 3 aliphatic rings. The van der Waals surface area contributed by atoms with Crippen LogP contribution >= 0.6 is 0 Å². The normalized spacial score (nSPS) is 22.9. The summed E-state index contributed by atoms with van der Waals surface area (Å²) in [6, 6.07) is 9.03. The summed E-state index contributed by atoms with van der Waals surface area (Å²) >= 11 is 0. The Morgan fingerprint density at radius 3 is 2.97 bits per heavy atom. The highest BCUT2D eigenvalue weighted by atomic mass is 16.5. The fourth-order valence-electron chi connectivity index (χ4n) is 4.43. The van der Waals surface area contributed by atoms with E-state index in [1.807, 2.05) is 6.07 Å². The Labute approximate surface area is 174 Å². The molecule has 8 nitrogen and oxygen atoms in total. The summed E-state index contributed by atoms with van der Waals surface area (Å²) in [7, 11) is 0. The standard InChI is InChI=1S/C22H24N4O4/c23-11-15-1-2-20-16(7-15)9-17(13-29-20)24-22(27)19-10-21-26(25-19)12-18(30-21)8-14-3-5-28-6-4-14/h1-2,7,10,14,17-18H,3-6,8-9,12-13H2,(H,24,27)/t17-,18+/m1/s1. The van der Waals surface area contributed by atoms with Crippen molar-refractivity contribution in [3.8, 4) is 17.7 Å². The van der Waals surface area contributed by atoms with Crippen LogP contribution in [0.3, 0.4) is 0 Å². The summed E-state index contributed by atoms with van der Waals surface area (Å²) in [5, 5.41) is 16.5. The lowest BCUT2D eigenvalue weighted by Gasteiger charge is -2.26. The van der Waals surface area contributed by atoms with Crippen LogP contribution in [0.25, 0.3) is 0 Å². The maximum atomic E-state index is 12.7. The maximum Gasteiger partial charge on any atom is 0.272 e. The molecule has 0 aliphatic carbocycles. The predicted octanol–water partition coefficient (Wildman–Crippen LogP) is 2.07. The van der Waals surface area contributed by atoms with Gasteiger partial charge in [0.05, 0.1) is 24.2 Å². The largest absolute Gasteiger partial charge is 0.491 e. The van der Waals surface area contributed by atoms with Crippen LogP contribution < -0.4 is 14.8 Å². The van der Waals surface area contributed by atoms with E-state index in [-0.39, 0.29) is 18.1 Å². The number of carbonyl (C=O) groups excluding carboxylic acids is 1. The number of hydrogen-bond acceptors (Lipinski definition) is 6. The van der Waals surface area contributed by atoms with Gasteiger partial charge in [-0.1, -0.05) is 0 Å². The van der Waals surface area contributed by atoms with Crippen LogP contribution in [-0.4, -0.2) is 47.7 Å². The molecule has 0 bridgehead atoms. The van der Waals surface area contributed by atoms with Gasteiger partial charge >= 0.3 is 0 Å². The Bertz CT molecular complexity index is 966. The number of hydrogen-bond donors (Lipinski definition) is 1. The van der Waals surface area contributed by atoms with Crippen LogP contribution in [0.5, 0.6) is 11.6 Å². The molecule has 1 aromatic carbocycles. The molecule has 1 fully saturated rings. The minimum atomic E-state index is -0.241. The Kier molecular flexibility index (Phi) is 5.05. The highest BCUT2D eigenvalue weighted by Crippen LogP contribution is 2.29. The smallest absolute Gasteiger partial charge is 0.272 e. The van der Waals surface area contributed by atoms with E-state index in [2.05, 4.69) is 16.5 Å². The van der Waals surface area contributed by atoms with Gasteiger partial charge in [-0.25, -0.2) is 4.68 Å². The number of rotatable bonds is 4. The lowest BCUT2D eigenvalue weighted by molar-refractivity contribution is 0.0507. The lowest BCUT2D eigenvalue weighted by atomic mass is 9.94. The second-order valence-corrected chi connectivity index (χ2v) is 8.20. The van der Waals surface area contributed by atoms with E-state index in [4.69, 9.17) is 19.5 Å². The zero-order chi connectivity index (χ0) is 20.5. The van der Waals surface area contributed by atoms with Crippen LogP contribution in [0, 0.1) is 17.2 Å². The van der Waals surface area contributed by atoms with Gasteiger partial charge in [0.1, 0.15) is 18.5 Å². The molecule has 0 radical (unpaired) electrons. The highest BCUT2D eigenvalue weighted by molar-refractivity contribution is 5.92. The number of nitrogens with zero attached hydrogens (tertiary/aromatic N) is 3. The molecule has 2 atom stereocenters. The van der Waals surface area contributed by atoms with E-state index in [0.717, 1.165) is 43.8 Å². The predicted molar refractivity (Wildman–Crippen MR) is 106 cm³/mol. The molecular weight excluding hydrogens is 384 g/mol. The minimum Gasteiger partial charge on any atom is -0.491 e. The van der Waals surface area contributed by atoms with Crippen LogP contribution in [0.4, 0.5) is 0 Å². The van der Waals surface area contributed by atoms with Crippen molar-refractivity contribution in [2.24, 2.45) is 5.92 Å². The zero-order valence-corrected chi connectivity index (χ0v) is 16.7. The monoisotopic (exact) mass is 408 g/mol. The summed E-state index contributed by atoms with van der Waals surface area (Å²) in [6.45, 7) is 2.73. The molecule has 5 rings (SSSR count). The number of carbonyl (C=O) groups is 1. The maximum absolute atomic E-state index is 12.7. The SMILES string of the molecule is N#Cc1ccc2c(c1)C[C@@H](NC(=O)c1cc3n(n1)C[C@H](CC1CCOCC1)O3)CO2. The first-order chi connectivity index (χ1) is 14.7. The van der Waals surface area contributed by atoms with Crippen LogP contribution in [0.2, 0.25) is 0 Å². The summed E-state index contributed by atoms with van der Waals surface area (Å²) in [5.41, 5.74) is 1.87. The van der Waals surface area contributed by atoms with Gasteiger partial charge in [-0.15, -0.1) is 0 Å². The first-order valence-corrected chi connectivity index (χ1v) is 10.5. The van der Waals surface area contributed by atoms with Gasteiger partial charge in [0.25, 0.3) is 5.91 Å². The molecule has 2 aromatic rings. The van der Waals surface area contributed by atoms with E-state index in [9.17, 15) is 4.79 Å². The van der Waals surface area contributed by atoms with Gasteiger partial charge in [-0.05, 0) is 55.4 Å². The van der Waals surface area contributed by atoms with E-state index in [0.29, 0.717) is 42.6 Å². The van der Waals surface area contributed by atoms with Gasteiger partial charge in [-0.3, -0.25) is 4.79 Å². The molecular formula is C22H24N4O4. The number of fused-ring (bicyclic) bond motifs is 2. The van der Waals surface area contributed by atoms with Crippen molar-refractivity contribution in [3.63, 3.8) is 0 Å². The highest BCUT2D eigenvalue weighted by Gasteiger charge is 2.30. The van der Waals surface area contributed by atoms with Gasteiger partial charge < -0.3 is 19.5 Å². The Balaban J connectivity index is 1.18. The Morgan fingerprint density at radius 1 is 1.30 bits per heavy atom. The molecule has 3 aliphatic heterocycles. The number of nitriles is 1. The number of aromatic nitrogens is 2. The van der Waals surface area contributed by atoms with Crippen molar-refractivity contribution >= 4 is 5.91 Å². The molecule has 1 amide bonds. The van der Waals surface area contributed by atoms with Gasteiger partial charge in [0, 0.05) is 19.3 Å². The molecule has 4 heterocycles. The molecule has 1 saturated heterocycles. The van der Waals surface area contributed by atoms with Crippen molar-refractivity contribution in [1.29, 1.82) is 5.26 Å². The first-order valence-electron chi connectivity index (χ1n) is 10.5. The fraction of sp³-hybridized carbons (Fsp3) is 0.500. The fourth-order valence-corrected chi connectivity index (χ4v) is 4.43. The van der Waals surface area contributed by atoms with Gasteiger partial charge in [-0.2, -0.15) is 10.4 Å². The number of amides is 1. The van der Waals surface area contributed by atoms with E-state index in [1.165, 1.54) is 0 Å². The minimum absolute atomic E-state index is 0.116. The summed E-state index contributed by atoms with van der Waals surface area (Å²) in [4.78, 5) is 12.7. The van der Waals surface area contributed by atoms with Crippen LogP contribution in [-0.2, 0) is 17.7 Å². The third-order valence-corrected chi connectivity index (χ3v) is 6.01. The van der Waals surface area contributed by atoms with Gasteiger partial charge in [0.15, 0.2) is 5.69 Å². The molecule has 156 valence electrons. The number of ether oxygens (including phenoxy) is 3. The van der Waals surface area contributed by atoms with E-state index in [1.54, 1.807) is 22.9 Å². The first kappa shape index (κ1) is 18.9. The van der Waals surface area contributed by atoms with Crippen molar-refractivity contribution in [2.45, 2.75) is 44.4 Å². The Hall–Kier alpha value is -3.05. The van der Waals surface area contributed by atoms with E-state index >= 15 is 0 Å². The van der Waals surface area contributed by atoms with Gasteiger partial charge in [0.2, 0.25) is 5.88 Å². The topological polar surface area (TPSA) is 98.4 Å². The third-order valence-electron chi connectivity index (χ3n) is 6.01. The molecule has 30 heavy (non-hydrogen) atoms. The number of nitrogens with one attached hydrogen (secondary N) is 1. The average molecular weight is 408 g/mol. The average Bonchev–Trinajstić information content (AvgIpc) is 3.32. The molecule has 0 unspecified atom stereocenters. The summed E-state index contributed by atoms with van der Waals surface area (Å²) < 4.78 is 19.0. The second-order valence-electron chi connectivity index (χ2n) is 8.20. The molecule has 1 aromatic heterocycles. The summed E-state index contributed by atoms with van der Waals surface area (Å²) in [6.07, 6.45) is 3.90. The summed E-state index contributed by atoms with van der Waals surface area (Å²) in [5.74, 6) is 1.81. The van der Waals surface area contributed by atoms with Crippen molar-refractivity contribution < 1.29 is 19.0 Å². The Morgan fingerprint density at radius 2 is 2.17 bits per heavy atom. The quantitative estimate of drug-likeness (QED) is 0.832. The van der Waals surface area contributed by atoms with Crippen molar-refractivity contribution in [2.75, 3.05) is 19.8 Å². The second kappa shape index (κ2) is 8.00. The molecule has 8 heteroatoms. The van der Waals surface area contributed by atoms with Crippen LogP contribution in [0.1, 0.15) is 40.9 Å². The number of benzene rings is 1. The molecule has 0 spiro atoms. The van der Waals surface area contributed by atoms with E-state index < -0.39 is 0 Å². The molecule has 1 N–H and O–H groups in total. The lowest BCUT2D eigenvalue weighted by Crippen LogP contribution is -2.43.